The molecule has 0 saturated carbocycles. The van der Waals surface area contributed by atoms with Crippen molar-refractivity contribution in [3.05, 3.63) is 54.1 Å². The molecule has 0 N–H and O–H groups in total. The molecule has 0 atom stereocenters. The number of benzene rings is 1. The molecule has 4 nitrogen and oxygen atoms in total. The third-order valence-corrected chi connectivity index (χ3v) is 2.23. The Morgan fingerprint density at radius 3 is 2.67 bits per heavy atom. The van der Waals surface area contributed by atoms with Crippen LogP contribution in [0.2, 0.25) is 0 Å². The third kappa shape index (κ3) is 3.42. The Morgan fingerprint density at radius 2 is 2.00 bits per heavy atom. The van der Waals surface area contributed by atoms with E-state index in [1.165, 1.54) is 6.33 Å². The van der Waals surface area contributed by atoms with Crippen LogP contribution in [0.4, 0.5) is 0 Å². The Labute approximate surface area is 105 Å². The first-order valence-electron chi connectivity index (χ1n) is 5.42. The SMILES string of the molecule is N#CCOc1ccc(/C=C/c2ccncn2)cc1. The fourth-order valence-corrected chi connectivity index (χ4v) is 1.37. The van der Waals surface area contributed by atoms with Crippen molar-refractivity contribution in [1.82, 2.24) is 9.97 Å². The summed E-state index contributed by atoms with van der Waals surface area (Å²) in [4.78, 5) is 7.95. The average Bonchev–Trinajstić information content (AvgIpc) is 2.45. The molecule has 0 spiro atoms. The summed E-state index contributed by atoms with van der Waals surface area (Å²) >= 11 is 0. The molecule has 1 aromatic carbocycles. The van der Waals surface area contributed by atoms with Crippen molar-refractivity contribution < 1.29 is 4.74 Å². The quantitative estimate of drug-likeness (QED) is 0.819. The monoisotopic (exact) mass is 237 g/mol. The van der Waals surface area contributed by atoms with Crippen LogP contribution in [0.15, 0.2) is 42.9 Å². The maximum absolute atomic E-state index is 8.39. The topological polar surface area (TPSA) is 58.8 Å². The second-order valence-electron chi connectivity index (χ2n) is 3.48. The van der Waals surface area contributed by atoms with Crippen LogP contribution >= 0.6 is 0 Å². The molecule has 2 rings (SSSR count). The summed E-state index contributed by atoms with van der Waals surface area (Å²) in [7, 11) is 0. The lowest BCUT2D eigenvalue weighted by Crippen LogP contribution is -1.92. The predicted octanol–water partition coefficient (Wildman–Crippen LogP) is 2.55. The van der Waals surface area contributed by atoms with Crippen molar-refractivity contribution in [3.8, 4) is 11.8 Å². The summed E-state index contributed by atoms with van der Waals surface area (Å²) in [6.45, 7) is 0.0656. The maximum Gasteiger partial charge on any atom is 0.174 e. The van der Waals surface area contributed by atoms with E-state index in [2.05, 4.69) is 9.97 Å². The molecule has 0 aliphatic heterocycles. The van der Waals surface area contributed by atoms with E-state index in [0.29, 0.717) is 5.75 Å². The van der Waals surface area contributed by atoms with Crippen LogP contribution in [0.3, 0.4) is 0 Å². The number of rotatable bonds is 4. The molecule has 0 unspecified atom stereocenters. The lowest BCUT2D eigenvalue weighted by molar-refractivity contribution is 0.368. The van der Waals surface area contributed by atoms with Gasteiger partial charge in [-0.15, -0.1) is 0 Å². The van der Waals surface area contributed by atoms with E-state index in [-0.39, 0.29) is 6.61 Å². The molecule has 0 saturated heterocycles. The second-order valence-corrected chi connectivity index (χ2v) is 3.48. The van der Waals surface area contributed by atoms with Crippen molar-refractivity contribution in [3.63, 3.8) is 0 Å². The largest absolute Gasteiger partial charge is 0.479 e. The van der Waals surface area contributed by atoms with E-state index in [0.717, 1.165) is 11.3 Å². The van der Waals surface area contributed by atoms with E-state index >= 15 is 0 Å². The van der Waals surface area contributed by atoms with Gasteiger partial charge < -0.3 is 4.74 Å². The highest BCUT2D eigenvalue weighted by atomic mass is 16.5. The molecule has 1 heterocycles. The van der Waals surface area contributed by atoms with E-state index in [1.807, 2.05) is 48.6 Å². The van der Waals surface area contributed by atoms with Crippen LogP contribution in [0, 0.1) is 11.3 Å². The predicted molar refractivity (Wildman–Crippen MR) is 68.5 cm³/mol. The fourth-order valence-electron chi connectivity index (χ4n) is 1.37. The highest BCUT2D eigenvalue weighted by Crippen LogP contribution is 2.13. The summed E-state index contributed by atoms with van der Waals surface area (Å²) in [5, 5.41) is 8.39. The molecular weight excluding hydrogens is 226 g/mol. The summed E-state index contributed by atoms with van der Waals surface area (Å²) in [5.74, 6) is 0.690. The number of nitrogens with zero attached hydrogens (tertiary/aromatic N) is 3. The van der Waals surface area contributed by atoms with Gasteiger partial charge in [0, 0.05) is 6.20 Å². The molecule has 0 fully saturated rings. The summed E-state index contributed by atoms with van der Waals surface area (Å²) in [5.41, 5.74) is 1.90. The molecule has 0 aliphatic rings. The molecule has 0 radical (unpaired) electrons. The van der Waals surface area contributed by atoms with E-state index < -0.39 is 0 Å². The molecule has 1 aromatic heterocycles. The zero-order valence-corrected chi connectivity index (χ0v) is 9.65. The lowest BCUT2D eigenvalue weighted by Gasteiger charge is -2.01. The highest BCUT2D eigenvalue weighted by Gasteiger charge is 1.93. The highest BCUT2D eigenvalue weighted by molar-refractivity contribution is 5.67. The van der Waals surface area contributed by atoms with Gasteiger partial charge in [-0.2, -0.15) is 5.26 Å². The van der Waals surface area contributed by atoms with Crippen molar-refractivity contribution in [2.45, 2.75) is 0 Å². The van der Waals surface area contributed by atoms with Gasteiger partial charge in [0.05, 0.1) is 5.69 Å². The second kappa shape index (κ2) is 6.16. The van der Waals surface area contributed by atoms with E-state index in [4.69, 9.17) is 10.00 Å². The molecule has 4 heteroatoms. The van der Waals surface area contributed by atoms with Crippen molar-refractivity contribution in [1.29, 1.82) is 5.26 Å². The van der Waals surface area contributed by atoms with Crippen molar-refractivity contribution >= 4 is 12.2 Å². The zero-order valence-electron chi connectivity index (χ0n) is 9.65. The number of aromatic nitrogens is 2. The minimum atomic E-state index is 0.0656. The number of nitriles is 1. The standard InChI is InChI=1S/C14H11N3O/c15-8-10-18-14-5-2-12(3-6-14)1-4-13-7-9-16-11-17-13/h1-7,9,11H,10H2/b4-1+. The molecule has 0 bridgehead atoms. The van der Waals surface area contributed by atoms with Gasteiger partial charge in [0.2, 0.25) is 0 Å². The molecule has 0 aliphatic carbocycles. The van der Waals surface area contributed by atoms with Crippen LogP contribution in [0.5, 0.6) is 5.75 Å². The van der Waals surface area contributed by atoms with Crippen LogP contribution < -0.4 is 4.74 Å². The van der Waals surface area contributed by atoms with E-state index in [9.17, 15) is 0 Å². The van der Waals surface area contributed by atoms with Crippen molar-refractivity contribution in [2.75, 3.05) is 6.61 Å². The first-order chi connectivity index (χ1) is 8.88. The lowest BCUT2D eigenvalue weighted by atomic mass is 10.2. The van der Waals surface area contributed by atoms with Gasteiger partial charge in [0.15, 0.2) is 6.61 Å². The van der Waals surface area contributed by atoms with Gasteiger partial charge in [-0.05, 0) is 29.8 Å². The Kier molecular flexibility index (Phi) is 4.04. The molecule has 2 aromatic rings. The Bertz CT molecular complexity index is 556. The van der Waals surface area contributed by atoms with Crippen molar-refractivity contribution in [2.24, 2.45) is 0 Å². The first kappa shape index (κ1) is 11.8. The molecule has 0 amide bonds. The number of ether oxygens (including phenoxy) is 1. The van der Waals surface area contributed by atoms with Gasteiger partial charge >= 0.3 is 0 Å². The first-order valence-corrected chi connectivity index (χ1v) is 5.42. The Morgan fingerprint density at radius 1 is 1.17 bits per heavy atom. The summed E-state index contributed by atoms with van der Waals surface area (Å²) in [6, 6.07) is 11.3. The summed E-state index contributed by atoms with van der Waals surface area (Å²) < 4.78 is 5.17. The number of hydrogen-bond acceptors (Lipinski definition) is 4. The van der Waals surface area contributed by atoms with Gasteiger partial charge in [-0.3, -0.25) is 0 Å². The van der Waals surface area contributed by atoms with Crippen LogP contribution in [0.25, 0.3) is 12.2 Å². The molecule has 18 heavy (non-hydrogen) atoms. The van der Waals surface area contributed by atoms with Gasteiger partial charge in [-0.1, -0.05) is 18.2 Å². The molecular formula is C14H11N3O. The van der Waals surface area contributed by atoms with Crippen LogP contribution in [-0.2, 0) is 0 Å². The fraction of sp³-hybridized carbons (Fsp3) is 0.0714. The smallest absolute Gasteiger partial charge is 0.174 e. The number of hydrogen-bond donors (Lipinski definition) is 0. The summed E-state index contributed by atoms with van der Waals surface area (Å²) in [6.07, 6.45) is 7.08. The van der Waals surface area contributed by atoms with Crippen LogP contribution in [-0.4, -0.2) is 16.6 Å². The minimum absolute atomic E-state index is 0.0656. The van der Waals surface area contributed by atoms with E-state index in [1.54, 1.807) is 6.20 Å². The Hall–Kier alpha value is -2.67. The maximum atomic E-state index is 8.39. The minimum Gasteiger partial charge on any atom is -0.479 e. The van der Waals surface area contributed by atoms with Gasteiger partial charge in [0.25, 0.3) is 0 Å². The van der Waals surface area contributed by atoms with Gasteiger partial charge in [0.1, 0.15) is 18.1 Å². The average molecular weight is 237 g/mol. The molecule has 88 valence electrons. The zero-order chi connectivity index (χ0) is 12.6. The normalized spacial score (nSPS) is 10.2. The van der Waals surface area contributed by atoms with Gasteiger partial charge in [-0.25, -0.2) is 9.97 Å². The third-order valence-electron chi connectivity index (χ3n) is 2.23. The van der Waals surface area contributed by atoms with Crippen LogP contribution in [0.1, 0.15) is 11.3 Å². The Balaban J connectivity index is 2.02.